The summed E-state index contributed by atoms with van der Waals surface area (Å²) in [7, 11) is 1.70. The number of halogens is 2. The van der Waals surface area contributed by atoms with Gasteiger partial charge < -0.3 is 15.6 Å². The van der Waals surface area contributed by atoms with Gasteiger partial charge in [0.1, 0.15) is 16.9 Å². The van der Waals surface area contributed by atoms with Crippen LogP contribution in [-0.2, 0) is 6.54 Å². The Morgan fingerprint density at radius 1 is 1.19 bits per heavy atom. The highest BCUT2D eigenvalue weighted by Gasteiger charge is 2.17. The third-order valence-electron chi connectivity index (χ3n) is 4.14. The first kappa shape index (κ1) is 16.2. The molecule has 0 atom stereocenters. The SMILES string of the molecule is CNc1nc(N)c2c(-c3ccc4nc(C)n(CC(F)F)c4n3)ccn2n1. The van der Waals surface area contributed by atoms with Crippen molar-refractivity contribution >= 4 is 28.4 Å². The van der Waals surface area contributed by atoms with Gasteiger partial charge in [-0.1, -0.05) is 0 Å². The van der Waals surface area contributed by atoms with Crippen LogP contribution < -0.4 is 11.1 Å². The zero-order valence-corrected chi connectivity index (χ0v) is 14.1. The number of aromatic nitrogens is 6. The van der Waals surface area contributed by atoms with Crippen LogP contribution in [0.2, 0.25) is 0 Å². The molecule has 134 valence electrons. The number of hydrogen-bond acceptors (Lipinski definition) is 6. The number of alkyl halides is 2. The average Bonchev–Trinajstić information content (AvgIpc) is 3.16. The molecular weight excluding hydrogens is 342 g/mol. The fourth-order valence-electron chi connectivity index (χ4n) is 2.99. The highest BCUT2D eigenvalue weighted by atomic mass is 19.3. The molecule has 0 saturated carbocycles. The minimum Gasteiger partial charge on any atom is -0.382 e. The van der Waals surface area contributed by atoms with E-state index >= 15 is 0 Å². The molecule has 10 heteroatoms. The van der Waals surface area contributed by atoms with Gasteiger partial charge in [0, 0.05) is 18.8 Å². The molecule has 4 rings (SSSR count). The molecule has 0 radical (unpaired) electrons. The second-order valence-corrected chi connectivity index (χ2v) is 5.79. The fraction of sp³-hybridized carbons (Fsp3) is 0.250. The predicted octanol–water partition coefficient (Wildman–Crippen LogP) is 2.34. The monoisotopic (exact) mass is 358 g/mol. The third kappa shape index (κ3) is 2.50. The lowest BCUT2D eigenvalue weighted by atomic mass is 10.2. The molecule has 0 aliphatic rings. The minimum atomic E-state index is -2.49. The van der Waals surface area contributed by atoms with E-state index in [2.05, 4.69) is 25.4 Å². The van der Waals surface area contributed by atoms with Gasteiger partial charge in [-0.3, -0.25) is 0 Å². The molecular formula is C16H16F2N8. The molecule has 0 unspecified atom stereocenters. The van der Waals surface area contributed by atoms with Crippen molar-refractivity contribution < 1.29 is 8.78 Å². The summed E-state index contributed by atoms with van der Waals surface area (Å²) >= 11 is 0. The number of fused-ring (bicyclic) bond motifs is 2. The van der Waals surface area contributed by atoms with Crippen molar-refractivity contribution in [3.8, 4) is 11.3 Å². The summed E-state index contributed by atoms with van der Waals surface area (Å²) in [4.78, 5) is 13.0. The summed E-state index contributed by atoms with van der Waals surface area (Å²) in [6.45, 7) is 1.23. The summed E-state index contributed by atoms with van der Waals surface area (Å²) in [5.41, 5.74) is 8.95. The molecule has 0 amide bonds. The fourth-order valence-corrected chi connectivity index (χ4v) is 2.99. The first-order valence-electron chi connectivity index (χ1n) is 7.93. The van der Waals surface area contributed by atoms with Gasteiger partial charge in [0.15, 0.2) is 11.5 Å². The quantitative estimate of drug-likeness (QED) is 0.581. The number of anilines is 2. The van der Waals surface area contributed by atoms with E-state index in [4.69, 9.17) is 5.73 Å². The normalized spacial score (nSPS) is 11.7. The molecule has 8 nitrogen and oxygen atoms in total. The van der Waals surface area contributed by atoms with Crippen LogP contribution in [-0.4, -0.2) is 42.6 Å². The zero-order chi connectivity index (χ0) is 18.4. The van der Waals surface area contributed by atoms with Crippen LogP contribution in [0.4, 0.5) is 20.5 Å². The van der Waals surface area contributed by atoms with E-state index in [-0.39, 0.29) is 0 Å². The van der Waals surface area contributed by atoms with Crippen molar-refractivity contribution in [2.45, 2.75) is 19.9 Å². The van der Waals surface area contributed by atoms with Gasteiger partial charge in [0.05, 0.1) is 12.2 Å². The van der Waals surface area contributed by atoms with E-state index in [1.54, 1.807) is 36.8 Å². The Morgan fingerprint density at radius 3 is 2.73 bits per heavy atom. The van der Waals surface area contributed by atoms with Gasteiger partial charge in [0.25, 0.3) is 6.43 Å². The number of pyridine rings is 1. The van der Waals surface area contributed by atoms with Crippen molar-refractivity contribution in [3.05, 3.63) is 30.2 Å². The second-order valence-electron chi connectivity index (χ2n) is 5.79. The summed E-state index contributed by atoms with van der Waals surface area (Å²) in [5, 5.41) is 7.13. The number of aryl methyl sites for hydroxylation is 1. The number of imidazole rings is 1. The summed E-state index contributed by atoms with van der Waals surface area (Å²) in [5.74, 6) is 1.18. The van der Waals surface area contributed by atoms with Gasteiger partial charge >= 0.3 is 0 Å². The van der Waals surface area contributed by atoms with Gasteiger partial charge in [-0.25, -0.2) is 23.3 Å². The number of hydrogen-bond donors (Lipinski definition) is 2. The maximum Gasteiger partial charge on any atom is 0.256 e. The lowest BCUT2D eigenvalue weighted by molar-refractivity contribution is 0.127. The zero-order valence-electron chi connectivity index (χ0n) is 14.1. The molecule has 0 bridgehead atoms. The first-order chi connectivity index (χ1) is 12.5. The summed E-state index contributed by atoms with van der Waals surface area (Å²) in [6, 6.07) is 5.35. The van der Waals surface area contributed by atoms with Gasteiger partial charge in [-0.2, -0.15) is 4.98 Å². The Morgan fingerprint density at radius 2 is 2.00 bits per heavy atom. The molecule has 4 heterocycles. The van der Waals surface area contributed by atoms with Gasteiger partial charge in [-0.15, -0.1) is 5.10 Å². The Hall–Kier alpha value is -3.30. The van der Waals surface area contributed by atoms with Crippen LogP contribution in [0.5, 0.6) is 0 Å². The minimum absolute atomic E-state index is 0.295. The molecule has 4 aromatic heterocycles. The highest BCUT2D eigenvalue weighted by molar-refractivity contribution is 5.88. The number of nitrogen functional groups attached to an aromatic ring is 1. The van der Waals surface area contributed by atoms with Crippen molar-refractivity contribution in [2.24, 2.45) is 0 Å². The molecule has 4 aromatic rings. The van der Waals surface area contributed by atoms with E-state index in [0.717, 1.165) is 5.56 Å². The molecule has 3 N–H and O–H groups in total. The molecule has 0 spiro atoms. The number of rotatable bonds is 4. The summed E-state index contributed by atoms with van der Waals surface area (Å²) < 4.78 is 28.8. The first-order valence-corrected chi connectivity index (χ1v) is 7.93. The third-order valence-corrected chi connectivity index (χ3v) is 4.14. The van der Waals surface area contributed by atoms with E-state index in [9.17, 15) is 8.78 Å². The molecule has 0 aliphatic heterocycles. The number of nitrogens with two attached hydrogens (primary N) is 1. The van der Waals surface area contributed by atoms with Crippen LogP contribution in [0.1, 0.15) is 5.82 Å². The highest BCUT2D eigenvalue weighted by Crippen LogP contribution is 2.29. The number of nitrogens with one attached hydrogen (secondary N) is 1. The van der Waals surface area contributed by atoms with Crippen LogP contribution in [0.25, 0.3) is 27.9 Å². The topological polar surface area (TPSA) is 98.9 Å². The molecule has 26 heavy (non-hydrogen) atoms. The Kier molecular flexibility index (Phi) is 3.67. The van der Waals surface area contributed by atoms with Crippen molar-refractivity contribution in [3.63, 3.8) is 0 Å². The molecule has 0 aromatic carbocycles. The van der Waals surface area contributed by atoms with Crippen molar-refractivity contribution in [1.29, 1.82) is 0 Å². The van der Waals surface area contributed by atoms with Crippen LogP contribution >= 0.6 is 0 Å². The standard InChI is InChI=1S/C16H16F2N8/c1-8-21-11-4-3-10(22-15(11)25(8)7-12(17)18)9-5-6-26-13(9)14(19)23-16(20-2)24-26/h3-6,12H,7H2,1-2H3,(H3,19,20,23,24). The predicted molar refractivity (Wildman–Crippen MR) is 94.2 cm³/mol. The van der Waals surface area contributed by atoms with E-state index < -0.39 is 13.0 Å². The van der Waals surface area contributed by atoms with Crippen LogP contribution in [0.3, 0.4) is 0 Å². The smallest absolute Gasteiger partial charge is 0.256 e. The summed E-state index contributed by atoms with van der Waals surface area (Å²) in [6.07, 6.45) is -0.743. The maximum absolute atomic E-state index is 12.9. The van der Waals surface area contributed by atoms with E-state index in [0.29, 0.717) is 40.0 Å². The molecule has 0 fully saturated rings. The van der Waals surface area contributed by atoms with Gasteiger partial charge in [-0.05, 0) is 25.1 Å². The lowest BCUT2D eigenvalue weighted by Crippen LogP contribution is -2.09. The maximum atomic E-state index is 12.9. The second kappa shape index (κ2) is 5.90. The van der Waals surface area contributed by atoms with Crippen LogP contribution in [0.15, 0.2) is 24.4 Å². The van der Waals surface area contributed by atoms with Crippen molar-refractivity contribution in [2.75, 3.05) is 18.1 Å². The van der Waals surface area contributed by atoms with Gasteiger partial charge in [0.2, 0.25) is 5.95 Å². The molecule has 0 aliphatic carbocycles. The van der Waals surface area contributed by atoms with E-state index in [1.807, 2.05) is 6.07 Å². The largest absolute Gasteiger partial charge is 0.382 e. The lowest BCUT2D eigenvalue weighted by Gasteiger charge is -2.07. The molecule has 0 saturated heterocycles. The average molecular weight is 358 g/mol. The number of nitrogens with zero attached hydrogens (tertiary/aromatic N) is 6. The Bertz CT molecular complexity index is 1110. The van der Waals surface area contributed by atoms with Crippen LogP contribution in [0, 0.1) is 6.92 Å². The Labute approximate surface area is 146 Å². The van der Waals surface area contributed by atoms with Crippen molar-refractivity contribution in [1.82, 2.24) is 29.1 Å². The Balaban J connectivity index is 1.91. The van der Waals surface area contributed by atoms with E-state index in [1.165, 1.54) is 4.57 Å².